The molecule has 0 saturated heterocycles. The molecule has 0 aliphatic carbocycles. The number of hydrogen-bond acceptors (Lipinski definition) is 2. The number of unbranched alkanes of at least 4 members (excludes halogenated alkanes) is 3. The highest BCUT2D eigenvalue weighted by Gasteiger charge is 1.96. The molecular formula is C17H22OSSi. The van der Waals surface area contributed by atoms with Crippen molar-refractivity contribution in [1.82, 2.24) is 0 Å². The molecule has 1 heterocycles. The molecular weight excluding hydrogens is 280 g/mol. The summed E-state index contributed by atoms with van der Waals surface area (Å²) in [4.78, 5) is 1.33. The molecule has 0 spiro atoms. The fraction of sp³-hybridized carbons (Fsp3) is 0.412. The Balaban J connectivity index is 1.39. The minimum Gasteiger partial charge on any atom is -0.376 e. The zero-order valence-corrected chi connectivity index (χ0v) is 13.7. The van der Waals surface area contributed by atoms with Crippen LogP contribution in [0.15, 0.2) is 47.8 Å². The maximum atomic E-state index is 5.67. The summed E-state index contributed by atoms with van der Waals surface area (Å²) < 4.78 is 5.67. The molecule has 2 radical (unpaired) electrons. The Morgan fingerprint density at radius 1 is 0.900 bits per heavy atom. The quantitative estimate of drug-likeness (QED) is 0.470. The van der Waals surface area contributed by atoms with Gasteiger partial charge in [-0.25, -0.2) is 0 Å². The van der Waals surface area contributed by atoms with Crippen molar-refractivity contribution in [3.8, 4) is 0 Å². The maximum Gasteiger partial charge on any atom is 0.0809 e. The lowest BCUT2D eigenvalue weighted by molar-refractivity contribution is 0.119. The van der Waals surface area contributed by atoms with Gasteiger partial charge < -0.3 is 4.74 Å². The van der Waals surface area contributed by atoms with Crippen LogP contribution in [0.25, 0.3) is 0 Å². The van der Waals surface area contributed by atoms with Gasteiger partial charge in [-0.15, -0.1) is 11.3 Å². The van der Waals surface area contributed by atoms with E-state index in [0.29, 0.717) is 0 Å². The molecule has 0 saturated carbocycles. The number of thiophene rings is 1. The van der Waals surface area contributed by atoms with Crippen molar-refractivity contribution in [2.24, 2.45) is 0 Å². The third-order valence-electron chi connectivity index (χ3n) is 3.14. The molecule has 3 heteroatoms. The first-order valence-electron chi connectivity index (χ1n) is 7.34. The zero-order valence-electron chi connectivity index (χ0n) is 11.9. The topological polar surface area (TPSA) is 9.23 Å². The van der Waals surface area contributed by atoms with Gasteiger partial charge in [0.1, 0.15) is 0 Å². The first kappa shape index (κ1) is 15.5. The van der Waals surface area contributed by atoms with E-state index in [4.69, 9.17) is 4.74 Å². The molecule has 1 nitrogen and oxygen atoms in total. The van der Waals surface area contributed by atoms with Crippen LogP contribution in [0.4, 0.5) is 0 Å². The molecule has 2 rings (SSSR count). The van der Waals surface area contributed by atoms with E-state index in [1.807, 2.05) is 0 Å². The number of ether oxygens (including phenoxy) is 1. The lowest BCUT2D eigenvalue weighted by Gasteiger charge is -2.03. The predicted octanol–water partition coefficient (Wildman–Crippen LogP) is 4.27. The van der Waals surface area contributed by atoms with Gasteiger partial charge in [0, 0.05) is 11.5 Å². The highest BCUT2D eigenvalue weighted by atomic mass is 32.1. The normalized spacial score (nSPS) is 10.8. The van der Waals surface area contributed by atoms with Gasteiger partial charge in [-0.2, -0.15) is 0 Å². The van der Waals surface area contributed by atoms with Crippen molar-refractivity contribution in [2.75, 3.05) is 6.61 Å². The fourth-order valence-electron chi connectivity index (χ4n) is 2.04. The molecule has 0 aliphatic rings. The van der Waals surface area contributed by atoms with Gasteiger partial charge in [0.15, 0.2) is 0 Å². The van der Waals surface area contributed by atoms with E-state index in [0.717, 1.165) is 22.7 Å². The van der Waals surface area contributed by atoms with Crippen LogP contribution in [-0.4, -0.2) is 16.1 Å². The largest absolute Gasteiger partial charge is 0.376 e. The maximum absolute atomic E-state index is 5.67. The van der Waals surface area contributed by atoms with Gasteiger partial charge in [-0.3, -0.25) is 0 Å². The summed E-state index contributed by atoms with van der Waals surface area (Å²) in [7, 11) is 0.972. The lowest BCUT2D eigenvalue weighted by atomic mass is 10.2. The van der Waals surface area contributed by atoms with Gasteiger partial charge in [0.2, 0.25) is 0 Å². The van der Waals surface area contributed by atoms with E-state index >= 15 is 0 Å². The second-order valence-electron chi connectivity index (χ2n) is 4.84. The summed E-state index contributed by atoms with van der Waals surface area (Å²) in [5.74, 6) is 0. The van der Waals surface area contributed by atoms with Crippen molar-refractivity contribution in [3.05, 3.63) is 52.7 Å². The Morgan fingerprint density at radius 2 is 1.75 bits per heavy atom. The van der Waals surface area contributed by atoms with E-state index in [1.165, 1.54) is 41.8 Å². The standard InChI is InChI=1S/C17H22OSSi/c1(6-12-18-15-16-9-8-13-19-16)2-7-14-20-17-10-4-3-5-11-17/h3-5,8-11,13H,1-2,6-7,12,14-15H2. The number of rotatable bonds is 10. The third-order valence-corrected chi connectivity index (χ3v) is 5.34. The highest BCUT2D eigenvalue weighted by Crippen LogP contribution is 2.10. The lowest BCUT2D eigenvalue weighted by Crippen LogP contribution is -2.12. The molecule has 0 amide bonds. The average molecular weight is 303 g/mol. The molecule has 106 valence electrons. The van der Waals surface area contributed by atoms with Crippen LogP contribution in [0.3, 0.4) is 0 Å². The molecule has 0 atom stereocenters. The number of hydrogen-bond donors (Lipinski definition) is 0. The second-order valence-corrected chi connectivity index (χ2v) is 7.30. The Bertz CT molecular complexity index is 441. The van der Waals surface area contributed by atoms with Crippen LogP contribution in [0, 0.1) is 0 Å². The van der Waals surface area contributed by atoms with Crippen molar-refractivity contribution >= 4 is 26.0 Å². The predicted molar refractivity (Wildman–Crippen MR) is 89.1 cm³/mol. The molecule has 1 aromatic carbocycles. The fourth-order valence-corrected chi connectivity index (χ4v) is 3.82. The molecule has 2 aromatic rings. The highest BCUT2D eigenvalue weighted by molar-refractivity contribution is 7.09. The monoisotopic (exact) mass is 302 g/mol. The molecule has 20 heavy (non-hydrogen) atoms. The van der Waals surface area contributed by atoms with E-state index in [9.17, 15) is 0 Å². The van der Waals surface area contributed by atoms with E-state index in [-0.39, 0.29) is 0 Å². The summed E-state index contributed by atoms with van der Waals surface area (Å²) in [6, 6.07) is 16.4. The van der Waals surface area contributed by atoms with Crippen molar-refractivity contribution in [2.45, 2.75) is 38.3 Å². The second kappa shape index (κ2) is 9.92. The molecule has 0 N–H and O–H groups in total. The Morgan fingerprint density at radius 3 is 2.55 bits per heavy atom. The Hall–Kier alpha value is -0.903. The molecule has 0 fully saturated rings. The van der Waals surface area contributed by atoms with Crippen LogP contribution in [0.5, 0.6) is 0 Å². The van der Waals surface area contributed by atoms with Gasteiger partial charge in [-0.1, -0.05) is 66.9 Å². The third kappa shape index (κ3) is 6.50. The average Bonchev–Trinajstić information content (AvgIpc) is 3.00. The summed E-state index contributed by atoms with van der Waals surface area (Å²) >= 11 is 1.77. The Labute approximate surface area is 128 Å². The molecule has 1 aromatic heterocycles. The zero-order chi connectivity index (χ0) is 13.9. The SMILES string of the molecule is c1ccc([Si]CCCCCCOCc2cccs2)cc1. The van der Waals surface area contributed by atoms with E-state index in [2.05, 4.69) is 47.8 Å². The van der Waals surface area contributed by atoms with E-state index in [1.54, 1.807) is 11.3 Å². The Kier molecular flexibility index (Phi) is 7.68. The first-order valence-corrected chi connectivity index (χ1v) is 9.43. The van der Waals surface area contributed by atoms with Crippen molar-refractivity contribution < 1.29 is 4.74 Å². The summed E-state index contributed by atoms with van der Waals surface area (Å²) in [6.45, 7) is 1.69. The van der Waals surface area contributed by atoms with Crippen LogP contribution < -0.4 is 5.19 Å². The number of benzene rings is 1. The van der Waals surface area contributed by atoms with Crippen LogP contribution in [-0.2, 0) is 11.3 Å². The van der Waals surface area contributed by atoms with Crippen LogP contribution in [0.2, 0.25) is 6.04 Å². The smallest absolute Gasteiger partial charge is 0.0809 e. The minimum atomic E-state index is 0.785. The van der Waals surface area contributed by atoms with Gasteiger partial charge in [0.05, 0.1) is 16.1 Å². The van der Waals surface area contributed by atoms with Gasteiger partial charge in [0.25, 0.3) is 0 Å². The van der Waals surface area contributed by atoms with E-state index < -0.39 is 0 Å². The summed E-state index contributed by atoms with van der Waals surface area (Å²) in [6.07, 6.45) is 5.17. The minimum absolute atomic E-state index is 0.785. The van der Waals surface area contributed by atoms with Gasteiger partial charge in [-0.05, 0) is 17.9 Å². The summed E-state index contributed by atoms with van der Waals surface area (Å²) in [5.41, 5.74) is 0. The molecule has 0 unspecified atom stereocenters. The summed E-state index contributed by atoms with van der Waals surface area (Å²) in [5, 5.41) is 3.60. The van der Waals surface area contributed by atoms with Crippen molar-refractivity contribution in [1.29, 1.82) is 0 Å². The van der Waals surface area contributed by atoms with Crippen LogP contribution >= 0.6 is 11.3 Å². The first-order chi connectivity index (χ1) is 9.95. The van der Waals surface area contributed by atoms with Crippen LogP contribution in [0.1, 0.15) is 30.6 Å². The molecule has 0 aliphatic heterocycles. The van der Waals surface area contributed by atoms with Crippen molar-refractivity contribution in [3.63, 3.8) is 0 Å². The molecule has 0 bridgehead atoms. The van der Waals surface area contributed by atoms with Gasteiger partial charge >= 0.3 is 0 Å².